The summed E-state index contributed by atoms with van der Waals surface area (Å²) in [6.45, 7) is 0.446. The Kier molecular flexibility index (Phi) is 4.12. The first-order valence-corrected chi connectivity index (χ1v) is 10.7. The van der Waals surface area contributed by atoms with Crippen LogP contribution < -0.4 is 5.32 Å². The minimum atomic E-state index is -0.769. The summed E-state index contributed by atoms with van der Waals surface area (Å²) in [7, 11) is 0. The molecule has 1 N–H and O–H groups in total. The summed E-state index contributed by atoms with van der Waals surface area (Å²) in [5.74, 6) is -0.417. The second kappa shape index (κ2) is 6.55. The number of rotatable bonds is 3. The number of benzene rings is 1. The third-order valence-corrected chi connectivity index (χ3v) is 7.30. The van der Waals surface area contributed by atoms with Gasteiger partial charge in [0, 0.05) is 6.54 Å². The topological polar surface area (TPSA) is 82.6 Å². The van der Waals surface area contributed by atoms with E-state index >= 15 is 0 Å². The monoisotopic (exact) mass is 398 g/mol. The second-order valence-corrected chi connectivity index (χ2v) is 8.94. The molecule has 0 radical (unpaired) electrons. The maximum absolute atomic E-state index is 13.0. The summed E-state index contributed by atoms with van der Waals surface area (Å²) in [6.07, 6.45) is 4.95. The lowest BCUT2D eigenvalue weighted by molar-refractivity contribution is -0.139. The van der Waals surface area contributed by atoms with Crippen LogP contribution in [0.15, 0.2) is 24.3 Å². The van der Waals surface area contributed by atoms with Gasteiger partial charge in [-0.1, -0.05) is 25.0 Å². The third kappa shape index (κ3) is 2.70. The van der Waals surface area contributed by atoms with E-state index in [-0.39, 0.29) is 24.4 Å². The number of carbonyl (C=O) groups is 3. The number of fused-ring (bicyclic) bond motifs is 1. The van der Waals surface area contributed by atoms with Crippen molar-refractivity contribution in [2.75, 3.05) is 13.1 Å². The number of hydrogen-bond donors (Lipinski definition) is 1. The molecule has 3 fully saturated rings. The first-order chi connectivity index (χ1) is 13.6. The molecule has 7 nitrogen and oxygen atoms in total. The molecule has 1 spiro atoms. The van der Waals surface area contributed by atoms with Gasteiger partial charge in [0.1, 0.15) is 17.1 Å². The van der Waals surface area contributed by atoms with Gasteiger partial charge in [0.2, 0.25) is 5.91 Å². The van der Waals surface area contributed by atoms with E-state index in [0.29, 0.717) is 19.4 Å². The molecule has 2 aliphatic heterocycles. The Hall–Kier alpha value is -2.48. The van der Waals surface area contributed by atoms with E-state index in [4.69, 9.17) is 4.98 Å². The van der Waals surface area contributed by atoms with Crippen molar-refractivity contribution in [3.8, 4) is 0 Å². The highest BCUT2D eigenvalue weighted by Gasteiger charge is 2.53. The largest absolute Gasteiger partial charge is 0.332 e. The fourth-order valence-corrected chi connectivity index (χ4v) is 5.83. The molecule has 3 heterocycles. The Labute approximate surface area is 166 Å². The quantitative estimate of drug-likeness (QED) is 0.806. The van der Waals surface area contributed by atoms with Gasteiger partial charge in [-0.15, -0.1) is 11.3 Å². The molecule has 2 saturated heterocycles. The predicted molar refractivity (Wildman–Crippen MR) is 105 cm³/mol. The van der Waals surface area contributed by atoms with Crippen molar-refractivity contribution < 1.29 is 14.4 Å². The third-order valence-electron chi connectivity index (χ3n) is 6.17. The SMILES string of the molecule is O=C1NC2(CCCC2)C(=O)N1CC(=O)N1CCCC1c1nc2ccccc2s1. The molecule has 0 bridgehead atoms. The van der Waals surface area contributed by atoms with Crippen LogP contribution in [0.25, 0.3) is 10.2 Å². The van der Waals surface area contributed by atoms with Crippen molar-refractivity contribution in [2.45, 2.75) is 50.1 Å². The lowest BCUT2D eigenvalue weighted by Crippen LogP contribution is -2.46. The minimum absolute atomic E-state index is 0.0777. The van der Waals surface area contributed by atoms with Gasteiger partial charge in [0.25, 0.3) is 5.91 Å². The number of carbonyl (C=O) groups excluding carboxylic acids is 3. The Balaban J connectivity index is 1.34. The highest BCUT2D eigenvalue weighted by atomic mass is 32.1. The van der Waals surface area contributed by atoms with E-state index < -0.39 is 11.6 Å². The summed E-state index contributed by atoms with van der Waals surface area (Å²) in [5, 5.41) is 3.77. The number of urea groups is 1. The zero-order valence-corrected chi connectivity index (χ0v) is 16.3. The number of hydrogen-bond acceptors (Lipinski definition) is 5. The first kappa shape index (κ1) is 17.6. The first-order valence-electron chi connectivity index (χ1n) is 9.86. The smallest absolute Gasteiger partial charge is 0.325 e. The van der Waals surface area contributed by atoms with Crippen LogP contribution in [-0.2, 0) is 9.59 Å². The summed E-state index contributed by atoms with van der Waals surface area (Å²) >= 11 is 1.61. The second-order valence-electron chi connectivity index (χ2n) is 7.88. The molecule has 2 aromatic rings. The number of para-hydroxylation sites is 1. The van der Waals surface area contributed by atoms with Crippen molar-refractivity contribution in [3.63, 3.8) is 0 Å². The number of amides is 4. The lowest BCUT2D eigenvalue weighted by atomic mass is 9.98. The van der Waals surface area contributed by atoms with E-state index in [0.717, 1.165) is 45.8 Å². The highest BCUT2D eigenvalue weighted by Crippen LogP contribution is 2.38. The van der Waals surface area contributed by atoms with Crippen molar-refractivity contribution in [1.29, 1.82) is 0 Å². The van der Waals surface area contributed by atoms with Crippen LogP contribution in [0, 0.1) is 0 Å². The van der Waals surface area contributed by atoms with Crippen LogP contribution in [0.2, 0.25) is 0 Å². The van der Waals surface area contributed by atoms with Crippen molar-refractivity contribution >= 4 is 39.4 Å². The van der Waals surface area contributed by atoms with E-state index in [1.54, 1.807) is 16.2 Å². The van der Waals surface area contributed by atoms with E-state index in [1.165, 1.54) is 0 Å². The summed E-state index contributed by atoms with van der Waals surface area (Å²) in [5.41, 5.74) is 0.175. The molecular formula is C20H22N4O3S. The lowest BCUT2D eigenvalue weighted by Gasteiger charge is -2.25. The number of aromatic nitrogens is 1. The highest BCUT2D eigenvalue weighted by molar-refractivity contribution is 7.18. The van der Waals surface area contributed by atoms with Crippen LogP contribution >= 0.6 is 11.3 Å². The van der Waals surface area contributed by atoms with Crippen molar-refractivity contribution in [2.24, 2.45) is 0 Å². The van der Waals surface area contributed by atoms with Gasteiger partial charge in [-0.25, -0.2) is 9.78 Å². The summed E-state index contributed by atoms with van der Waals surface area (Å²) in [4.78, 5) is 45.8. The minimum Gasteiger partial charge on any atom is -0.332 e. The van der Waals surface area contributed by atoms with Gasteiger partial charge < -0.3 is 10.2 Å². The average Bonchev–Trinajstić information content (AvgIpc) is 3.45. The number of thiazole rings is 1. The predicted octanol–water partition coefficient (Wildman–Crippen LogP) is 2.82. The van der Waals surface area contributed by atoms with Crippen molar-refractivity contribution in [3.05, 3.63) is 29.3 Å². The number of nitrogens with zero attached hydrogens (tertiary/aromatic N) is 3. The van der Waals surface area contributed by atoms with Crippen LogP contribution in [-0.4, -0.2) is 51.3 Å². The van der Waals surface area contributed by atoms with Crippen LogP contribution in [0.1, 0.15) is 49.6 Å². The molecule has 8 heteroatoms. The average molecular weight is 398 g/mol. The number of nitrogens with one attached hydrogen (secondary N) is 1. The Bertz CT molecular complexity index is 932. The van der Waals surface area contributed by atoms with Gasteiger partial charge in [-0.2, -0.15) is 0 Å². The molecule has 1 saturated carbocycles. The molecule has 3 aliphatic rings. The molecule has 1 atom stereocenters. The zero-order chi connectivity index (χ0) is 19.3. The van der Waals surface area contributed by atoms with Gasteiger partial charge in [-0.3, -0.25) is 14.5 Å². The van der Waals surface area contributed by atoms with Gasteiger partial charge in [-0.05, 0) is 37.8 Å². The van der Waals surface area contributed by atoms with E-state index in [2.05, 4.69) is 5.32 Å². The molecule has 146 valence electrons. The fourth-order valence-electron chi connectivity index (χ4n) is 4.72. The molecule has 1 aliphatic carbocycles. The Morgan fingerprint density at radius 3 is 2.79 bits per heavy atom. The molecule has 28 heavy (non-hydrogen) atoms. The zero-order valence-electron chi connectivity index (χ0n) is 15.5. The Morgan fingerprint density at radius 2 is 2.00 bits per heavy atom. The van der Waals surface area contributed by atoms with Crippen LogP contribution in [0.5, 0.6) is 0 Å². The number of imide groups is 1. The van der Waals surface area contributed by atoms with Crippen molar-refractivity contribution in [1.82, 2.24) is 20.1 Å². The summed E-state index contributed by atoms with van der Waals surface area (Å²) in [6, 6.07) is 7.44. The van der Waals surface area contributed by atoms with E-state index in [1.807, 2.05) is 24.3 Å². The van der Waals surface area contributed by atoms with Crippen LogP contribution in [0.4, 0.5) is 4.79 Å². The summed E-state index contributed by atoms with van der Waals surface area (Å²) < 4.78 is 1.11. The molecule has 1 aromatic heterocycles. The van der Waals surface area contributed by atoms with Gasteiger partial charge in [0.15, 0.2) is 0 Å². The standard InChI is InChI=1S/C20H22N4O3S/c25-16(12-24-18(26)20(22-19(24)27)9-3-4-10-20)23-11-5-7-14(23)17-21-13-6-1-2-8-15(13)28-17/h1-2,6,8,14H,3-5,7,9-12H2,(H,22,27). The molecule has 1 aromatic carbocycles. The molecular weight excluding hydrogens is 376 g/mol. The molecule has 4 amide bonds. The fraction of sp³-hybridized carbons (Fsp3) is 0.500. The molecule has 5 rings (SSSR count). The van der Waals surface area contributed by atoms with Crippen LogP contribution in [0.3, 0.4) is 0 Å². The maximum Gasteiger partial charge on any atom is 0.325 e. The maximum atomic E-state index is 13.0. The van der Waals surface area contributed by atoms with Gasteiger partial charge in [0.05, 0.1) is 16.3 Å². The Morgan fingerprint density at radius 1 is 1.21 bits per heavy atom. The normalized spacial score (nSPS) is 23.9. The van der Waals surface area contributed by atoms with Gasteiger partial charge >= 0.3 is 6.03 Å². The van der Waals surface area contributed by atoms with E-state index in [9.17, 15) is 14.4 Å². The number of likely N-dealkylation sites (tertiary alicyclic amines) is 1. The molecule has 1 unspecified atom stereocenters.